The molecule has 0 aromatic rings. The van der Waals surface area contributed by atoms with Crippen molar-refractivity contribution in [1.29, 1.82) is 0 Å². The van der Waals surface area contributed by atoms with E-state index in [0.717, 1.165) is 25.7 Å². The minimum atomic E-state index is -0.476. The quantitative estimate of drug-likeness (QED) is 0.419. The molecule has 0 heterocycles. The number of hydrogen-bond acceptors (Lipinski definition) is 3. The summed E-state index contributed by atoms with van der Waals surface area (Å²) in [6.45, 7) is 0. The molecule has 0 aromatic heterocycles. The third kappa shape index (κ3) is 7.90. The summed E-state index contributed by atoms with van der Waals surface area (Å²) >= 11 is 0. The number of carbonyl (C=O) groups excluding carboxylic acids is 1. The fourth-order valence-corrected chi connectivity index (χ4v) is 1.04. The number of unbranched alkanes of at least 4 members (excludes halogenated alkanes) is 3. The summed E-state index contributed by atoms with van der Waals surface area (Å²) in [5.74, 6) is 2.23. The van der Waals surface area contributed by atoms with E-state index in [0.29, 0.717) is 6.42 Å². The third-order valence-electron chi connectivity index (χ3n) is 1.84. The van der Waals surface area contributed by atoms with Gasteiger partial charge in [0.05, 0.1) is 7.11 Å². The van der Waals surface area contributed by atoms with E-state index in [2.05, 4.69) is 10.7 Å². The molecular weight excluding hydrogens is 202 g/mol. The molecule has 3 nitrogen and oxygen atoms in total. The van der Waals surface area contributed by atoms with Crippen LogP contribution in [0.25, 0.3) is 0 Å². The lowest BCUT2D eigenvalue weighted by Crippen LogP contribution is -2.31. The number of ether oxygens (including phenoxy) is 1. The Morgan fingerprint density at radius 3 is 2.64 bits per heavy atom. The largest absolute Gasteiger partial charge is 0.468 e. The molecule has 1 unspecified atom stereocenters. The standard InChI is InChI=1S/C10H17NO2.ClH/c1-3-4-5-6-7-8-9(11)10(12)13-2;/h1,9H,4-8,11H2,2H3;1H. The highest BCUT2D eigenvalue weighted by Crippen LogP contribution is 2.04. The van der Waals surface area contributed by atoms with Gasteiger partial charge in [0.1, 0.15) is 6.04 Å². The van der Waals surface area contributed by atoms with E-state index in [9.17, 15) is 4.79 Å². The summed E-state index contributed by atoms with van der Waals surface area (Å²) in [4.78, 5) is 10.9. The molecule has 82 valence electrons. The van der Waals surface area contributed by atoms with E-state index in [1.807, 2.05) is 0 Å². The van der Waals surface area contributed by atoms with Crippen LogP contribution >= 0.6 is 12.4 Å². The number of terminal acetylenes is 1. The second-order valence-electron chi connectivity index (χ2n) is 2.93. The van der Waals surface area contributed by atoms with Gasteiger partial charge in [-0.05, 0) is 12.8 Å². The number of carbonyl (C=O) groups is 1. The van der Waals surface area contributed by atoms with Gasteiger partial charge in [0, 0.05) is 6.42 Å². The molecule has 14 heavy (non-hydrogen) atoms. The van der Waals surface area contributed by atoms with Crippen LogP contribution in [-0.2, 0) is 9.53 Å². The molecule has 0 aliphatic heterocycles. The van der Waals surface area contributed by atoms with Crippen molar-refractivity contribution in [3.63, 3.8) is 0 Å². The lowest BCUT2D eigenvalue weighted by molar-refractivity contribution is -0.142. The van der Waals surface area contributed by atoms with Crippen LogP contribution in [0.5, 0.6) is 0 Å². The van der Waals surface area contributed by atoms with Gasteiger partial charge in [-0.25, -0.2) is 0 Å². The van der Waals surface area contributed by atoms with E-state index in [1.165, 1.54) is 7.11 Å². The molecule has 0 amide bonds. The van der Waals surface area contributed by atoms with Crippen LogP contribution in [0.1, 0.15) is 32.1 Å². The Hall–Kier alpha value is -0.720. The zero-order chi connectivity index (χ0) is 10.1. The van der Waals surface area contributed by atoms with Crippen LogP contribution < -0.4 is 5.73 Å². The second-order valence-corrected chi connectivity index (χ2v) is 2.93. The van der Waals surface area contributed by atoms with Crippen molar-refractivity contribution in [1.82, 2.24) is 0 Å². The van der Waals surface area contributed by atoms with Crippen LogP contribution in [0, 0.1) is 12.3 Å². The van der Waals surface area contributed by atoms with Gasteiger partial charge in [-0.2, -0.15) is 0 Å². The fourth-order valence-electron chi connectivity index (χ4n) is 1.04. The molecule has 0 rings (SSSR count). The Morgan fingerprint density at radius 1 is 1.50 bits per heavy atom. The number of methoxy groups -OCH3 is 1. The smallest absolute Gasteiger partial charge is 0.322 e. The van der Waals surface area contributed by atoms with Crippen molar-refractivity contribution in [2.24, 2.45) is 5.73 Å². The van der Waals surface area contributed by atoms with E-state index in [-0.39, 0.29) is 18.4 Å². The summed E-state index contributed by atoms with van der Waals surface area (Å²) in [5.41, 5.74) is 5.53. The lowest BCUT2D eigenvalue weighted by Gasteiger charge is -2.07. The van der Waals surface area contributed by atoms with Crippen molar-refractivity contribution in [2.75, 3.05) is 7.11 Å². The Kier molecular flexibility index (Phi) is 11.6. The monoisotopic (exact) mass is 219 g/mol. The average molecular weight is 220 g/mol. The third-order valence-corrected chi connectivity index (χ3v) is 1.84. The van der Waals surface area contributed by atoms with Crippen LogP contribution in [0.4, 0.5) is 0 Å². The molecule has 0 saturated heterocycles. The van der Waals surface area contributed by atoms with Gasteiger partial charge in [-0.15, -0.1) is 24.8 Å². The highest BCUT2D eigenvalue weighted by molar-refractivity contribution is 5.85. The van der Waals surface area contributed by atoms with Gasteiger partial charge < -0.3 is 10.5 Å². The molecule has 1 atom stereocenters. The Morgan fingerprint density at radius 2 is 2.14 bits per heavy atom. The number of hydrogen-bond donors (Lipinski definition) is 1. The first kappa shape index (κ1) is 15.7. The fraction of sp³-hybridized carbons (Fsp3) is 0.700. The predicted molar refractivity (Wildman–Crippen MR) is 59.2 cm³/mol. The highest BCUT2D eigenvalue weighted by Gasteiger charge is 2.11. The van der Waals surface area contributed by atoms with Gasteiger partial charge in [0.15, 0.2) is 0 Å². The van der Waals surface area contributed by atoms with Crippen LogP contribution in [0.3, 0.4) is 0 Å². The predicted octanol–water partition coefficient (Wildman–Crippen LogP) is 1.49. The summed E-state index contributed by atoms with van der Waals surface area (Å²) < 4.78 is 4.49. The number of halogens is 1. The molecule has 0 fully saturated rings. The van der Waals surface area contributed by atoms with Gasteiger partial charge in [0.25, 0.3) is 0 Å². The Balaban J connectivity index is 0. The maximum absolute atomic E-state index is 10.9. The first-order valence-electron chi connectivity index (χ1n) is 4.49. The first-order valence-corrected chi connectivity index (χ1v) is 4.49. The second kappa shape index (κ2) is 10.4. The molecule has 0 bridgehead atoms. The normalized spacial score (nSPS) is 10.9. The van der Waals surface area contributed by atoms with Gasteiger partial charge in [-0.3, -0.25) is 4.79 Å². The average Bonchev–Trinajstić information content (AvgIpc) is 2.16. The van der Waals surface area contributed by atoms with E-state index >= 15 is 0 Å². The van der Waals surface area contributed by atoms with Crippen LogP contribution in [0.2, 0.25) is 0 Å². The minimum Gasteiger partial charge on any atom is -0.468 e. The molecule has 0 aliphatic carbocycles. The molecule has 0 spiro atoms. The number of nitrogens with two attached hydrogens (primary N) is 1. The van der Waals surface area contributed by atoms with Crippen LogP contribution in [0.15, 0.2) is 0 Å². The van der Waals surface area contributed by atoms with Crippen molar-refractivity contribution in [3.8, 4) is 12.3 Å². The molecule has 0 saturated carbocycles. The van der Waals surface area contributed by atoms with Crippen molar-refractivity contribution < 1.29 is 9.53 Å². The van der Waals surface area contributed by atoms with Crippen molar-refractivity contribution in [2.45, 2.75) is 38.1 Å². The zero-order valence-corrected chi connectivity index (χ0v) is 9.31. The molecule has 0 radical (unpaired) electrons. The van der Waals surface area contributed by atoms with Gasteiger partial charge in [-0.1, -0.05) is 12.8 Å². The molecule has 0 aliphatic rings. The maximum Gasteiger partial charge on any atom is 0.322 e. The van der Waals surface area contributed by atoms with Crippen molar-refractivity contribution in [3.05, 3.63) is 0 Å². The van der Waals surface area contributed by atoms with E-state index in [1.54, 1.807) is 0 Å². The maximum atomic E-state index is 10.9. The summed E-state index contributed by atoms with van der Waals surface area (Å²) in [7, 11) is 1.35. The van der Waals surface area contributed by atoms with Gasteiger partial charge in [0.2, 0.25) is 0 Å². The topological polar surface area (TPSA) is 52.3 Å². The number of rotatable bonds is 6. The lowest BCUT2D eigenvalue weighted by atomic mass is 10.1. The molecule has 0 aromatic carbocycles. The summed E-state index contributed by atoms with van der Waals surface area (Å²) in [6, 6.07) is -0.476. The summed E-state index contributed by atoms with van der Waals surface area (Å²) in [6.07, 6.45) is 9.52. The Labute approximate surface area is 91.8 Å². The first-order chi connectivity index (χ1) is 6.22. The Bertz CT molecular complexity index is 189. The van der Waals surface area contributed by atoms with Crippen LogP contribution in [-0.4, -0.2) is 19.1 Å². The number of esters is 1. The molecule has 2 N–H and O–H groups in total. The minimum absolute atomic E-state index is 0. The SMILES string of the molecule is C#CCCCCCC(N)C(=O)OC.Cl. The van der Waals surface area contributed by atoms with E-state index in [4.69, 9.17) is 12.2 Å². The molecular formula is C10H18ClNO2. The van der Waals surface area contributed by atoms with Gasteiger partial charge >= 0.3 is 5.97 Å². The van der Waals surface area contributed by atoms with E-state index < -0.39 is 6.04 Å². The molecule has 4 heteroatoms. The zero-order valence-electron chi connectivity index (χ0n) is 8.49. The van der Waals surface area contributed by atoms with Crippen molar-refractivity contribution >= 4 is 18.4 Å². The highest BCUT2D eigenvalue weighted by atomic mass is 35.5. The summed E-state index contributed by atoms with van der Waals surface area (Å²) in [5, 5.41) is 0.